The van der Waals surface area contributed by atoms with Crippen molar-refractivity contribution in [3.05, 3.63) is 106 Å². The van der Waals surface area contributed by atoms with E-state index in [0.29, 0.717) is 23.4 Å². The summed E-state index contributed by atoms with van der Waals surface area (Å²) in [4.78, 5) is 25.0. The summed E-state index contributed by atoms with van der Waals surface area (Å²) in [5.41, 5.74) is 13.7. The molecule has 3 aromatic carbocycles. The first-order chi connectivity index (χ1) is 14.4. The fourth-order valence-electron chi connectivity index (χ4n) is 3.25. The number of rotatable bonds is 8. The first kappa shape index (κ1) is 20.5. The summed E-state index contributed by atoms with van der Waals surface area (Å²) in [6.07, 6.45) is 0. The van der Waals surface area contributed by atoms with Crippen molar-refractivity contribution in [1.29, 1.82) is 5.41 Å². The molecule has 0 aromatic heterocycles. The number of benzene rings is 3. The Morgan fingerprint density at radius 2 is 1.67 bits per heavy atom. The number of primary amides is 1. The lowest BCUT2D eigenvalue weighted by Gasteiger charge is -2.32. The van der Waals surface area contributed by atoms with Crippen LogP contribution in [0.5, 0.6) is 0 Å². The average Bonchev–Trinajstić information content (AvgIpc) is 2.74. The second-order valence-electron chi connectivity index (χ2n) is 6.73. The SMILES string of the molecule is N=C(N)c1ccc(N(Cc2ccccc2)C(C(N)=O)c2cccc([N+](=O)[O-])c2)cc1. The van der Waals surface area contributed by atoms with Crippen molar-refractivity contribution in [2.45, 2.75) is 12.6 Å². The Morgan fingerprint density at radius 1 is 1.00 bits per heavy atom. The molecule has 8 heteroatoms. The Labute approximate surface area is 173 Å². The zero-order valence-corrected chi connectivity index (χ0v) is 16.1. The van der Waals surface area contributed by atoms with Crippen LogP contribution < -0.4 is 16.4 Å². The van der Waals surface area contributed by atoms with E-state index in [1.165, 1.54) is 18.2 Å². The molecule has 0 saturated heterocycles. The van der Waals surface area contributed by atoms with Gasteiger partial charge in [-0.3, -0.25) is 20.3 Å². The van der Waals surface area contributed by atoms with Gasteiger partial charge >= 0.3 is 0 Å². The van der Waals surface area contributed by atoms with Crippen LogP contribution >= 0.6 is 0 Å². The van der Waals surface area contributed by atoms with Crippen molar-refractivity contribution < 1.29 is 9.72 Å². The topological polar surface area (TPSA) is 139 Å². The largest absolute Gasteiger partial charge is 0.384 e. The highest BCUT2D eigenvalue weighted by atomic mass is 16.6. The number of hydrogen-bond acceptors (Lipinski definition) is 5. The van der Waals surface area contributed by atoms with Crippen molar-refractivity contribution in [2.75, 3.05) is 4.90 Å². The molecule has 0 heterocycles. The molecular formula is C22H21N5O3. The summed E-state index contributed by atoms with van der Waals surface area (Å²) >= 11 is 0. The number of anilines is 1. The quantitative estimate of drug-likeness (QED) is 0.229. The zero-order chi connectivity index (χ0) is 21.7. The van der Waals surface area contributed by atoms with Gasteiger partial charge in [0.05, 0.1) is 4.92 Å². The predicted molar refractivity (Wildman–Crippen MR) is 115 cm³/mol. The average molecular weight is 403 g/mol. The molecule has 1 atom stereocenters. The first-order valence-electron chi connectivity index (χ1n) is 9.15. The van der Waals surface area contributed by atoms with Crippen LogP contribution in [0.1, 0.15) is 22.7 Å². The number of amidine groups is 1. The Balaban J connectivity index is 2.10. The number of nitrogens with one attached hydrogen (secondary N) is 1. The van der Waals surface area contributed by atoms with Crippen LogP contribution in [0, 0.1) is 15.5 Å². The highest BCUT2D eigenvalue weighted by Gasteiger charge is 2.28. The van der Waals surface area contributed by atoms with E-state index in [4.69, 9.17) is 16.9 Å². The smallest absolute Gasteiger partial charge is 0.269 e. The molecule has 1 unspecified atom stereocenters. The Morgan fingerprint density at radius 3 is 2.23 bits per heavy atom. The molecule has 0 aliphatic heterocycles. The maximum absolute atomic E-state index is 12.5. The van der Waals surface area contributed by atoms with E-state index >= 15 is 0 Å². The summed E-state index contributed by atoms with van der Waals surface area (Å²) in [5, 5.41) is 18.8. The molecule has 0 saturated carbocycles. The van der Waals surface area contributed by atoms with Crippen molar-refractivity contribution in [3.8, 4) is 0 Å². The number of nitrogen functional groups attached to an aromatic ring is 1. The predicted octanol–water partition coefficient (Wildman–Crippen LogP) is 3.11. The Bertz CT molecular complexity index is 1070. The van der Waals surface area contributed by atoms with E-state index in [0.717, 1.165) is 5.56 Å². The summed E-state index contributed by atoms with van der Waals surface area (Å²) in [6.45, 7) is 0.344. The van der Waals surface area contributed by atoms with Crippen LogP contribution in [0.2, 0.25) is 0 Å². The number of carbonyl (C=O) groups is 1. The molecular weight excluding hydrogens is 382 g/mol. The van der Waals surface area contributed by atoms with Gasteiger partial charge in [-0.05, 0) is 35.4 Å². The number of carbonyl (C=O) groups excluding carboxylic acids is 1. The minimum atomic E-state index is -0.937. The minimum Gasteiger partial charge on any atom is -0.384 e. The third-order valence-electron chi connectivity index (χ3n) is 4.68. The summed E-state index contributed by atoms with van der Waals surface area (Å²) < 4.78 is 0. The maximum Gasteiger partial charge on any atom is 0.269 e. The lowest BCUT2D eigenvalue weighted by atomic mass is 10.0. The molecule has 0 spiro atoms. The van der Waals surface area contributed by atoms with Gasteiger partial charge in [-0.25, -0.2) is 0 Å². The molecule has 3 aromatic rings. The normalized spacial score (nSPS) is 11.5. The molecule has 3 rings (SSSR count). The number of nitrogens with zero attached hydrogens (tertiary/aromatic N) is 2. The van der Waals surface area contributed by atoms with Crippen molar-refractivity contribution in [1.82, 2.24) is 0 Å². The lowest BCUT2D eigenvalue weighted by molar-refractivity contribution is -0.384. The van der Waals surface area contributed by atoms with E-state index in [1.807, 2.05) is 30.3 Å². The van der Waals surface area contributed by atoms with E-state index in [9.17, 15) is 14.9 Å². The van der Waals surface area contributed by atoms with E-state index in [-0.39, 0.29) is 11.5 Å². The molecule has 0 aliphatic carbocycles. The second kappa shape index (κ2) is 8.87. The molecule has 0 radical (unpaired) electrons. The van der Waals surface area contributed by atoms with Gasteiger partial charge in [0.25, 0.3) is 5.69 Å². The highest BCUT2D eigenvalue weighted by molar-refractivity contribution is 5.95. The molecule has 5 N–H and O–H groups in total. The number of amides is 1. The molecule has 0 aliphatic rings. The number of nitro benzene ring substituents is 1. The standard InChI is InChI=1S/C22H21N5O3/c23-21(24)16-9-11-18(12-10-16)26(14-15-5-2-1-3-6-15)20(22(25)28)17-7-4-8-19(13-17)27(29)30/h1-13,20H,14H2,(H3,23,24)(H2,25,28). The van der Waals surface area contributed by atoms with Gasteiger partial charge in [0.15, 0.2) is 0 Å². The molecule has 0 fully saturated rings. The molecule has 8 nitrogen and oxygen atoms in total. The van der Waals surface area contributed by atoms with Crippen LogP contribution in [0.4, 0.5) is 11.4 Å². The fraction of sp³-hybridized carbons (Fsp3) is 0.0909. The van der Waals surface area contributed by atoms with Crippen molar-refractivity contribution >= 4 is 23.1 Å². The summed E-state index contributed by atoms with van der Waals surface area (Å²) in [5.74, 6) is -0.705. The maximum atomic E-state index is 12.5. The second-order valence-corrected chi connectivity index (χ2v) is 6.73. The lowest BCUT2D eigenvalue weighted by Crippen LogP contribution is -2.37. The van der Waals surface area contributed by atoms with E-state index in [2.05, 4.69) is 0 Å². The zero-order valence-electron chi connectivity index (χ0n) is 16.1. The Hall–Kier alpha value is -4.20. The Kier molecular flexibility index (Phi) is 6.07. The molecule has 152 valence electrons. The van der Waals surface area contributed by atoms with Gasteiger partial charge in [-0.2, -0.15) is 0 Å². The number of nitro groups is 1. The van der Waals surface area contributed by atoms with Gasteiger partial charge in [-0.1, -0.05) is 42.5 Å². The van der Waals surface area contributed by atoms with Crippen LogP contribution in [-0.4, -0.2) is 16.7 Å². The van der Waals surface area contributed by atoms with Crippen LogP contribution in [0.15, 0.2) is 78.9 Å². The van der Waals surface area contributed by atoms with E-state index < -0.39 is 16.9 Å². The summed E-state index contributed by atoms with van der Waals surface area (Å²) in [7, 11) is 0. The van der Waals surface area contributed by atoms with Crippen LogP contribution in [-0.2, 0) is 11.3 Å². The van der Waals surface area contributed by atoms with Crippen molar-refractivity contribution in [2.24, 2.45) is 11.5 Å². The summed E-state index contributed by atoms with van der Waals surface area (Å²) in [6, 6.07) is 21.3. The number of nitrogens with two attached hydrogens (primary N) is 2. The monoisotopic (exact) mass is 403 g/mol. The van der Waals surface area contributed by atoms with Crippen LogP contribution in [0.3, 0.4) is 0 Å². The number of hydrogen-bond donors (Lipinski definition) is 3. The third-order valence-corrected chi connectivity index (χ3v) is 4.68. The van der Waals surface area contributed by atoms with Crippen molar-refractivity contribution in [3.63, 3.8) is 0 Å². The van der Waals surface area contributed by atoms with Gasteiger partial charge in [0.1, 0.15) is 11.9 Å². The van der Waals surface area contributed by atoms with Gasteiger partial charge in [0.2, 0.25) is 5.91 Å². The van der Waals surface area contributed by atoms with Crippen LogP contribution in [0.25, 0.3) is 0 Å². The fourth-order valence-corrected chi connectivity index (χ4v) is 3.25. The highest BCUT2D eigenvalue weighted by Crippen LogP contribution is 2.31. The first-order valence-corrected chi connectivity index (χ1v) is 9.15. The minimum absolute atomic E-state index is 0.0682. The van der Waals surface area contributed by atoms with Gasteiger partial charge < -0.3 is 16.4 Å². The van der Waals surface area contributed by atoms with E-state index in [1.54, 1.807) is 35.2 Å². The molecule has 0 bridgehead atoms. The third kappa shape index (κ3) is 4.61. The molecule has 30 heavy (non-hydrogen) atoms. The number of non-ortho nitro benzene ring substituents is 1. The van der Waals surface area contributed by atoms with Gasteiger partial charge in [0, 0.05) is 29.9 Å². The van der Waals surface area contributed by atoms with Gasteiger partial charge in [-0.15, -0.1) is 0 Å². The molecule has 1 amide bonds.